The van der Waals surface area contributed by atoms with Crippen LogP contribution < -0.4 is 10.6 Å². The second kappa shape index (κ2) is 13.0. The zero-order chi connectivity index (χ0) is 25.4. The second-order valence-corrected chi connectivity index (χ2v) is 11.9. The lowest BCUT2D eigenvalue weighted by molar-refractivity contribution is -0.183. The molecule has 0 aliphatic heterocycles. The monoisotopic (exact) mass is 504 g/mol. The Morgan fingerprint density at radius 3 is 2.35 bits per heavy atom. The van der Waals surface area contributed by atoms with Crippen LogP contribution in [0.3, 0.4) is 0 Å². The molecule has 1 aromatic heterocycles. The van der Waals surface area contributed by atoms with Crippen LogP contribution in [0, 0.1) is 17.8 Å². The number of rotatable bonds is 12. The van der Waals surface area contributed by atoms with Crippen LogP contribution in [0.15, 0.2) is 28.2 Å². The number of sulfone groups is 1. The highest BCUT2D eigenvalue weighted by atomic mass is 32.2. The van der Waals surface area contributed by atoms with Crippen molar-refractivity contribution in [3.05, 3.63) is 24.0 Å². The average Bonchev–Trinajstić information content (AvgIpc) is 2.79. The van der Waals surface area contributed by atoms with Gasteiger partial charge in [0.2, 0.25) is 0 Å². The Morgan fingerprint density at radius 2 is 1.82 bits per heavy atom. The normalized spacial score (nSPS) is 21.8. The molecule has 194 valence electrons. The predicted octanol–water partition coefficient (Wildman–Crippen LogP) is 4.41. The fourth-order valence-corrected chi connectivity index (χ4v) is 4.86. The first-order valence-electron chi connectivity index (χ1n) is 12.1. The van der Waals surface area contributed by atoms with E-state index in [1.54, 1.807) is 19.1 Å². The Balaban J connectivity index is 1.74. The summed E-state index contributed by atoms with van der Waals surface area (Å²) in [5.74, 6) is -0.448. The highest BCUT2D eigenvalue weighted by Gasteiger charge is 2.41. The molecule has 1 saturated carbocycles. The summed E-state index contributed by atoms with van der Waals surface area (Å²) < 4.78 is 62.3. The molecule has 10 heteroatoms. The smallest absolute Gasteiger partial charge is 0.312 e. The third kappa shape index (κ3) is 9.26. The van der Waals surface area contributed by atoms with Crippen molar-refractivity contribution in [3.63, 3.8) is 0 Å². The van der Waals surface area contributed by atoms with Crippen molar-refractivity contribution in [2.45, 2.75) is 83.1 Å². The van der Waals surface area contributed by atoms with Gasteiger partial charge in [-0.15, -0.1) is 0 Å². The van der Waals surface area contributed by atoms with E-state index in [1.807, 2.05) is 13.1 Å². The molecule has 0 saturated heterocycles. The molecule has 0 spiro atoms. The van der Waals surface area contributed by atoms with Crippen molar-refractivity contribution in [3.8, 4) is 0 Å². The van der Waals surface area contributed by atoms with Crippen molar-refractivity contribution in [1.29, 1.82) is 0 Å². The molecule has 0 amide bonds. The standard InChI is InChI=1S/C24H39F3N4O2S/c1-5-34(32,33)22-11-10-21(30-15-22)14-29-18(4)12-28-16-23(17(2)3)31-13-19-6-8-20(9-7-19)24(25,26)27/h10-12,15,17-20,23,29,31H,5-9,13-14,16H2,1-4H3/t18?,19?,20?,23-/m1/s1. The molecule has 1 aliphatic rings. The first kappa shape index (κ1) is 28.7. The van der Waals surface area contributed by atoms with Crippen LogP contribution in [-0.2, 0) is 16.4 Å². The van der Waals surface area contributed by atoms with Crippen molar-refractivity contribution >= 4 is 16.1 Å². The van der Waals surface area contributed by atoms with Crippen molar-refractivity contribution < 1.29 is 21.6 Å². The summed E-state index contributed by atoms with van der Waals surface area (Å²) in [4.78, 5) is 9.03. The molecule has 2 N–H and O–H groups in total. The van der Waals surface area contributed by atoms with Crippen LogP contribution in [0.1, 0.15) is 59.1 Å². The van der Waals surface area contributed by atoms with E-state index in [-0.39, 0.29) is 41.5 Å². The highest BCUT2D eigenvalue weighted by molar-refractivity contribution is 7.91. The van der Waals surface area contributed by atoms with E-state index < -0.39 is 21.9 Å². The summed E-state index contributed by atoms with van der Waals surface area (Å²) in [6.07, 6.45) is 0.875. The van der Waals surface area contributed by atoms with Crippen LogP contribution >= 0.6 is 0 Å². The number of nitrogens with zero attached hydrogens (tertiary/aromatic N) is 2. The summed E-state index contributed by atoms with van der Waals surface area (Å²) in [6, 6.07) is 3.46. The van der Waals surface area contributed by atoms with Crippen LogP contribution in [0.5, 0.6) is 0 Å². The average molecular weight is 505 g/mol. The summed E-state index contributed by atoms with van der Waals surface area (Å²) in [5.41, 5.74) is 0.747. The van der Waals surface area contributed by atoms with Gasteiger partial charge in [0.1, 0.15) is 0 Å². The minimum absolute atomic E-state index is 0.00584. The molecule has 0 aromatic carbocycles. The molecule has 1 aromatic rings. The number of alkyl halides is 3. The Kier molecular flexibility index (Phi) is 11.0. The Bertz CT molecular complexity index is 865. The van der Waals surface area contributed by atoms with Gasteiger partial charge in [0, 0.05) is 31.0 Å². The maximum Gasteiger partial charge on any atom is 0.391 e. The minimum atomic E-state index is -4.06. The molecule has 6 nitrogen and oxygen atoms in total. The molecule has 1 fully saturated rings. The summed E-state index contributed by atoms with van der Waals surface area (Å²) in [5, 5.41) is 6.82. The van der Waals surface area contributed by atoms with E-state index in [1.165, 1.54) is 6.20 Å². The summed E-state index contributed by atoms with van der Waals surface area (Å²) in [6.45, 7) is 9.64. The number of halogens is 3. The molecule has 2 rings (SSSR count). The zero-order valence-corrected chi connectivity index (χ0v) is 21.4. The van der Waals surface area contributed by atoms with Gasteiger partial charge in [-0.1, -0.05) is 20.8 Å². The van der Waals surface area contributed by atoms with Crippen LogP contribution in [0.4, 0.5) is 13.2 Å². The molecular weight excluding hydrogens is 465 g/mol. The molecular formula is C24H39F3N4O2S. The van der Waals surface area contributed by atoms with Crippen molar-refractivity contribution in [2.24, 2.45) is 22.7 Å². The zero-order valence-electron chi connectivity index (χ0n) is 20.6. The van der Waals surface area contributed by atoms with E-state index in [0.29, 0.717) is 31.8 Å². The fraction of sp³-hybridized carbons (Fsp3) is 0.750. The molecule has 1 unspecified atom stereocenters. The van der Waals surface area contributed by atoms with Gasteiger partial charge in [-0.25, -0.2) is 8.42 Å². The van der Waals surface area contributed by atoms with Gasteiger partial charge in [-0.2, -0.15) is 13.2 Å². The minimum Gasteiger partial charge on any atom is -0.312 e. The van der Waals surface area contributed by atoms with Gasteiger partial charge < -0.3 is 10.6 Å². The van der Waals surface area contributed by atoms with Gasteiger partial charge in [0.15, 0.2) is 9.84 Å². The van der Waals surface area contributed by atoms with Gasteiger partial charge in [-0.05, 0) is 63.1 Å². The quantitative estimate of drug-likeness (QED) is 0.412. The van der Waals surface area contributed by atoms with Gasteiger partial charge in [0.05, 0.1) is 28.8 Å². The van der Waals surface area contributed by atoms with E-state index >= 15 is 0 Å². The largest absolute Gasteiger partial charge is 0.391 e. The number of hydrogen-bond acceptors (Lipinski definition) is 6. The number of aromatic nitrogens is 1. The van der Waals surface area contributed by atoms with Gasteiger partial charge in [0.25, 0.3) is 0 Å². The lowest BCUT2D eigenvalue weighted by Gasteiger charge is -2.31. The second-order valence-electron chi connectivity index (χ2n) is 9.59. The van der Waals surface area contributed by atoms with Crippen LogP contribution in [0.25, 0.3) is 0 Å². The highest BCUT2D eigenvalue weighted by Crippen LogP contribution is 2.39. The third-order valence-electron chi connectivity index (χ3n) is 6.56. The Morgan fingerprint density at radius 1 is 1.15 bits per heavy atom. The van der Waals surface area contributed by atoms with Gasteiger partial charge in [-0.3, -0.25) is 9.98 Å². The molecule has 2 atom stereocenters. The predicted molar refractivity (Wildman–Crippen MR) is 130 cm³/mol. The Hall–Kier alpha value is -1.52. The fourth-order valence-electron chi connectivity index (χ4n) is 4.04. The summed E-state index contributed by atoms with van der Waals surface area (Å²) in [7, 11) is -3.25. The van der Waals surface area contributed by atoms with Gasteiger partial charge >= 0.3 is 6.18 Å². The molecule has 0 radical (unpaired) electrons. The summed E-state index contributed by atoms with van der Waals surface area (Å²) >= 11 is 0. The molecule has 34 heavy (non-hydrogen) atoms. The number of pyridine rings is 1. The lowest BCUT2D eigenvalue weighted by atomic mass is 9.81. The number of aliphatic imine (C=N–C) groups is 1. The number of nitrogens with one attached hydrogen (secondary N) is 2. The molecule has 1 heterocycles. The van der Waals surface area contributed by atoms with E-state index in [0.717, 1.165) is 12.2 Å². The van der Waals surface area contributed by atoms with Crippen molar-refractivity contribution in [2.75, 3.05) is 18.8 Å². The van der Waals surface area contributed by atoms with Crippen molar-refractivity contribution in [1.82, 2.24) is 15.6 Å². The first-order chi connectivity index (χ1) is 15.9. The van der Waals surface area contributed by atoms with Crippen LogP contribution in [0.2, 0.25) is 0 Å². The van der Waals surface area contributed by atoms with Crippen LogP contribution in [-0.4, -0.2) is 56.7 Å². The van der Waals surface area contributed by atoms with E-state index in [2.05, 4.69) is 34.5 Å². The van der Waals surface area contributed by atoms with E-state index in [4.69, 9.17) is 0 Å². The Labute approximate surface area is 202 Å². The lowest BCUT2D eigenvalue weighted by Crippen LogP contribution is -2.41. The maximum atomic E-state index is 12.9. The maximum absolute atomic E-state index is 12.9. The third-order valence-corrected chi connectivity index (χ3v) is 8.28. The molecule has 1 aliphatic carbocycles. The first-order valence-corrected chi connectivity index (χ1v) is 13.8. The SMILES string of the molecule is CCS(=O)(=O)c1ccc(CNC(C)C=NC[C@@H](NCC2CCC(C(F)(F)F)CC2)C(C)C)nc1. The number of hydrogen-bond donors (Lipinski definition) is 2. The molecule has 0 bridgehead atoms. The van der Waals surface area contributed by atoms with E-state index in [9.17, 15) is 21.6 Å². The topological polar surface area (TPSA) is 83.5 Å².